The van der Waals surface area contributed by atoms with Crippen LogP contribution in [0.25, 0.3) is 0 Å². The molecular formula is C29H41N11O5. The Morgan fingerprint density at radius 1 is 0.778 bits per heavy atom. The number of anilines is 5. The topological polar surface area (TPSA) is 238 Å². The number of ether oxygens (including phenoxy) is 3. The number of piperidine rings is 2. The average molecular weight is 624 g/mol. The van der Waals surface area contributed by atoms with Crippen molar-refractivity contribution in [2.75, 3.05) is 67.9 Å². The van der Waals surface area contributed by atoms with Gasteiger partial charge in [-0.1, -0.05) is 0 Å². The summed E-state index contributed by atoms with van der Waals surface area (Å²) in [4.78, 5) is 31.0. The van der Waals surface area contributed by atoms with Crippen LogP contribution in [0.1, 0.15) is 23.2 Å². The zero-order chi connectivity index (χ0) is 32.2. The van der Waals surface area contributed by atoms with Gasteiger partial charge >= 0.3 is 0 Å². The number of nitrogens with two attached hydrogens (primary N) is 4. The van der Waals surface area contributed by atoms with Crippen LogP contribution >= 0.6 is 0 Å². The normalized spacial score (nSPS) is 21.7. The summed E-state index contributed by atoms with van der Waals surface area (Å²) in [5.41, 5.74) is 25.9. The second kappa shape index (κ2) is 13.6. The maximum atomic E-state index is 13.1. The molecule has 2 aliphatic heterocycles. The van der Waals surface area contributed by atoms with Gasteiger partial charge in [-0.3, -0.25) is 4.79 Å². The zero-order valence-corrected chi connectivity index (χ0v) is 25.6. The van der Waals surface area contributed by atoms with E-state index in [1.807, 2.05) is 9.80 Å². The second-order valence-electron chi connectivity index (χ2n) is 11.3. The summed E-state index contributed by atoms with van der Waals surface area (Å²) in [5, 5.41) is 16.7. The number of aromatic nitrogens is 3. The van der Waals surface area contributed by atoms with Gasteiger partial charge in [0.25, 0.3) is 5.91 Å². The summed E-state index contributed by atoms with van der Waals surface area (Å²) in [5.74, 6) is 1.36. The van der Waals surface area contributed by atoms with Crippen LogP contribution < -0.4 is 57.6 Å². The largest absolute Gasteiger partial charge is 0.507 e. The molecule has 5 rings (SSSR count). The van der Waals surface area contributed by atoms with Crippen molar-refractivity contribution >= 4 is 35.1 Å². The molecule has 45 heavy (non-hydrogen) atoms. The fraction of sp³-hybridized carbons (Fsp3) is 0.448. The highest BCUT2D eigenvalue weighted by Crippen LogP contribution is 2.40. The lowest BCUT2D eigenvalue weighted by Gasteiger charge is -2.37. The van der Waals surface area contributed by atoms with Gasteiger partial charge in [-0.2, -0.15) is 15.0 Å². The molecule has 16 nitrogen and oxygen atoms in total. The Labute approximate surface area is 261 Å². The number of aromatic hydroxyl groups is 1. The molecule has 0 spiro atoms. The molecule has 0 radical (unpaired) electrons. The lowest BCUT2D eigenvalue weighted by atomic mass is 10.0. The number of hydrogen-bond acceptors (Lipinski definition) is 15. The van der Waals surface area contributed by atoms with Crippen LogP contribution in [0.2, 0.25) is 0 Å². The zero-order valence-electron chi connectivity index (χ0n) is 25.6. The van der Waals surface area contributed by atoms with Gasteiger partial charge in [0, 0.05) is 79.9 Å². The summed E-state index contributed by atoms with van der Waals surface area (Å²) in [6.07, 6.45) is 1.41. The number of nitrogens with zero attached hydrogens (tertiary/aromatic N) is 5. The summed E-state index contributed by atoms with van der Waals surface area (Å²) >= 11 is 0. The molecule has 2 fully saturated rings. The van der Waals surface area contributed by atoms with E-state index in [1.54, 1.807) is 18.2 Å². The third-order valence-electron chi connectivity index (χ3n) is 7.63. The minimum absolute atomic E-state index is 0.0407. The summed E-state index contributed by atoms with van der Waals surface area (Å²) in [6, 6.07) is 7.20. The minimum atomic E-state index is -0.548. The fourth-order valence-electron chi connectivity index (χ4n) is 5.66. The van der Waals surface area contributed by atoms with Crippen molar-refractivity contribution < 1.29 is 24.1 Å². The molecule has 0 saturated carbocycles. The molecule has 2 saturated heterocycles. The van der Waals surface area contributed by atoms with Crippen LogP contribution in [0.15, 0.2) is 30.3 Å². The Morgan fingerprint density at radius 3 is 1.73 bits per heavy atom. The van der Waals surface area contributed by atoms with E-state index in [2.05, 4.69) is 20.6 Å². The Balaban J connectivity index is 1.39. The molecule has 0 unspecified atom stereocenters. The van der Waals surface area contributed by atoms with Gasteiger partial charge in [-0.25, -0.2) is 0 Å². The number of benzene rings is 2. The Bertz CT molecular complexity index is 1440. The maximum Gasteiger partial charge on any atom is 0.259 e. The van der Waals surface area contributed by atoms with Crippen LogP contribution in [0, 0.1) is 0 Å². The molecule has 242 valence electrons. The van der Waals surface area contributed by atoms with Crippen molar-refractivity contribution in [2.45, 2.75) is 37.0 Å². The van der Waals surface area contributed by atoms with Gasteiger partial charge in [-0.15, -0.1) is 0 Å². The number of rotatable bonds is 9. The van der Waals surface area contributed by atoms with Crippen LogP contribution in [0.3, 0.4) is 0 Å². The highest BCUT2D eigenvalue weighted by atomic mass is 16.5. The lowest BCUT2D eigenvalue weighted by molar-refractivity contribution is 0.102. The molecule has 4 atom stereocenters. The standard InChI is InChI=1S/C29H41N11O5/c1-43-23-9-20(10-24(44-2)25(23)45-3)34-26(42)21-5-4-19(8-22(21)41)35-27-36-28(39-11-15(30)6-16(31)12-39)38-29(37-27)40-13-17(32)7-18(33)14-40/h4-5,8-10,15-18,41H,6-7,11-14,30-33H2,1-3H3,(H,34,42)(H,35,36,37,38)/t15-,16+,17-,18+. The number of phenols is 1. The molecule has 16 heteroatoms. The number of methoxy groups -OCH3 is 3. The molecular weight excluding hydrogens is 582 g/mol. The van der Waals surface area contributed by atoms with Gasteiger partial charge in [0.1, 0.15) is 5.75 Å². The van der Waals surface area contributed by atoms with E-state index >= 15 is 0 Å². The third kappa shape index (κ3) is 7.37. The van der Waals surface area contributed by atoms with Crippen molar-refractivity contribution in [3.63, 3.8) is 0 Å². The summed E-state index contributed by atoms with van der Waals surface area (Å²) in [7, 11) is 4.44. The predicted molar refractivity (Wildman–Crippen MR) is 171 cm³/mol. The van der Waals surface area contributed by atoms with Crippen LogP contribution in [-0.4, -0.2) is 97.6 Å². The molecule has 2 aromatic carbocycles. The molecule has 2 aliphatic rings. The second-order valence-corrected chi connectivity index (χ2v) is 11.3. The Kier molecular flexibility index (Phi) is 9.57. The molecule has 3 aromatic rings. The lowest BCUT2D eigenvalue weighted by Crippen LogP contribution is -2.54. The number of hydrogen-bond donors (Lipinski definition) is 7. The SMILES string of the molecule is COc1cc(NC(=O)c2ccc(Nc3nc(N4C[C@H](N)C[C@H](N)C4)nc(N4C[C@H](N)C[C@H](N)C4)n3)cc2O)cc(OC)c1OC. The van der Waals surface area contributed by atoms with E-state index in [-0.39, 0.29) is 41.4 Å². The average Bonchev–Trinajstić information content (AvgIpc) is 2.99. The number of amides is 1. The Hall–Kier alpha value is -4.64. The smallest absolute Gasteiger partial charge is 0.259 e. The van der Waals surface area contributed by atoms with E-state index in [4.69, 9.17) is 42.1 Å². The fourth-order valence-corrected chi connectivity index (χ4v) is 5.66. The first-order valence-corrected chi connectivity index (χ1v) is 14.6. The molecule has 0 bridgehead atoms. The first kappa shape index (κ1) is 31.8. The monoisotopic (exact) mass is 623 g/mol. The van der Waals surface area contributed by atoms with Gasteiger partial charge < -0.3 is 62.7 Å². The van der Waals surface area contributed by atoms with Gasteiger partial charge in [0.15, 0.2) is 11.5 Å². The summed E-state index contributed by atoms with van der Waals surface area (Å²) < 4.78 is 16.0. The molecule has 3 heterocycles. The molecule has 1 amide bonds. The number of nitrogens with one attached hydrogen (secondary N) is 2. The number of carbonyl (C=O) groups excluding carboxylic acids is 1. The first-order valence-electron chi connectivity index (χ1n) is 14.6. The van der Waals surface area contributed by atoms with E-state index < -0.39 is 5.91 Å². The van der Waals surface area contributed by atoms with E-state index in [0.29, 0.717) is 79.5 Å². The molecule has 1 aromatic heterocycles. The van der Waals surface area contributed by atoms with Gasteiger partial charge in [-0.05, 0) is 25.0 Å². The summed E-state index contributed by atoms with van der Waals surface area (Å²) in [6.45, 7) is 2.14. The molecule has 11 N–H and O–H groups in total. The van der Waals surface area contributed by atoms with Gasteiger partial charge in [0.05, 0.1) is 26.9 Å². The predicted octanol–water partition coefficient (Wildman–Crippen LogP) is 0.328. The van der Waals surface area contributed by atoms with Gasteiger partial charge in [0.2, 0.25) is 23.6 Å². The van der Waals surface area contributed by atoms with Crippen molar-refractivity contribution in [3.8, 4) is 23.0 Å². The highest BCUT2D eigenvalue weighted by molar-refractivity contribution is 6.06. The number of phenolic OH excluding ortho intramolecular Hbond substituents is 1. The quantitative estimate of drug-likeness (QED) is 0.170. The first-order chi connectivity index (χ1) is 21.6. The van der Waals surface area contributed by atoms with E-state index in [9.17, 15) is 9.90 Å². The van der Waals surface area contributed by atoms with Crippen molar-refractivity contribution in [3.05, 3.63) is 35.9 Å². The van der Waals surface area contributed by atoms with E-state index in [1.165, 1.54) is 33.5 Å². The maximum absolute atomic E-state index is 13.1. The molecule has 0 aliphatic carbocycles. The van der Waals surface area contributed by atoms with E-state index in [0.717, 1.165) is 0 Å². The minimum Gasteiger partial charge on any atom is -0.507 e. The number of carbonyl (C=O) groups is 1. The Morgan fingerprint density at radius 2 is 1.29 bits per heavy atom. The van der Waals surface area contributed by atoms with Crippen LogP contribution in [0.5, 0.6) is 23.0 Å². The van der Waals surface area contributed by atoms with Crippen LogP contribution in [-0.2, 0) is 0 Å². The van der Waals surface area contributed by atoms with Crippen molar-refractivity contribution in [2.24, 2.45) is 22.9 Å². The van der Waals surface area contributed by atoms with Crippen molar-refractivity contribution in [1.29, 1.82) is 0 Å². The highest BCUT2D eigenvalue weighted by Gasteiger charge is 2.29. The van der Waals surface area contributed by atoms with Crippen LogP contribution in [0.4, 0.5) is 29.2 Å². The third-order valence-corrected chi connectivity index (χ3v) is 7.63. The van der Waals surface area contributed by atoms with Crippen molar-refractivity contribution in [1.82, 2.24) is 15.0 Å².